The minimum atomic E-state index is -0.248. The highest BCUT2D eigenvalue weighted by atomic mass is 16.5. The second kappa shape index (κ2) is 6.65. The van der Waals surface area contributed by atoms with Gasteiger partial charge in [0.15, 0.2) is 0 Å². The third-order valence-corrected chi connectivity index (χ3v) is 4.21. The van der Waals surface area contributed by atoms with Crippen molar-refractivity contribution in [3.05, 3.63) is 65.7 Å². The fourth-order valence-electron chi connectivity index (χ4n) is 3.06. The molecule has 4 nitrogen and oxygen atoms in total. The molecule has 1 heterocycles. The van der Waals surface area contributed by atoms with Gasteiger partial charge in [-0.3, -0.25) is 9.59 Å². The van der Waals surface area contributed by atoms with Crippen molar-refractivity contribution in [2.24, 2.45) is 0 Å². The van der Waals surface area contributed by atoms with Crippen molar-refractivity contribution < 1.29 is 14.3 Å². The molecule has 1 aliphatic rings. The van der Waals surface area contributed by atoms with Crippen molar-refractivity contribution in [3.63, 3.8) is 0 Å². The Morgan fingerprint density at radius 1 is 1.09 bits per heavy atom. The minimum Gasteiger partial charge on any atom is -0.469 e. The predicted molar refractivity (Wildman–Crippen MR) is 88.3 cm³/mol. The maximum absolute atomic E-state index is 12.7. The summed E-state index contributed by atoms with van der Waals surface area (Å²) in [4.78, 5) is 26.1. The first-order valence-electron chi connectivity index (χ1n) is 7.69. The van der Waals surface area contributed by atoms with Gasteiger partial charge in [-0.15, -0.1) is 0 Å². The predicted octanol–water partition coefficient (Wildman–Crippen LogP) is 2.92. The summed E-state index contributed by atoms with van der Waals surface area (Å²) in [6, 6.07) is 17.5. The zero-order valence-electron chi connectivity index (χ0n) is 13.1. The Morgan fingerprint density at radius 2 is 1.78 bits per heavy atom. The van der Waals surface area contributed by atoms with Crippen LogP contribution in [0.2, 0.25) is 0 Å². The SMILES string of the molecule is COC(=O)CC1CN(C(=O)Cc2ccccc2)c2ccccc21. The Labute approximate surface area is 135 Å². The van der Waals surface area contributed by atoms with Gasteiger partial charge in [0.05, 0.1) is 20.0 Å². The van der Waals surface area contributed by atoms with E-state index in [2.05, 4.69) is 0 Å². The van der Waals surface area contributed by atoms with Gasteiger partial charge in [-0.2, -0.15) is 0 Å². The van der Waals surface area contributed by atoms with Crippen LogP contribution in [0.1, 0.15) is 23.5 Å². The number of nitrogens with zero attached hydrogens (tertiary/aromatic N) is 1. The van der Waals surface area contributed by atoms with E-state index in [1.807, 2.05) is 54.6 Å². The highest BCUT2D eigenvalue weighted by Gasteiger charge is 2.33. The lowest BCUT2D eigenvalue weighted by Crippen LogP contribution is -2.31. The van der Waals surface area contributed by atoms with E-state index in [9.17, 15) is 9.59 Å². The fourth-order valence-corrected chi connectivity index (χ4v) is 3.06. The van der Waals surface area contributed by atoms with Gasteiger partial charge >= 0.3 is 5.97 Å². The van der Waals surface area contributed by atoms with Crippen molar-refractivity contribution in [1.29, 1.82) is 0 Å². The zero-order chi connectivity index (χ0) is 16.2. The Bertz CT molecular complexity index is 712. The Morgan fingerprint density at radius 3 is 2.52 bits per heavy atom. The smallest absolute Gasteiger partial charge is 0.306 e. The summed E-state index contributed by atoms with van der Waals surface area (Å²) in [6.45, 7) is 0.528. The highest BCUT2D eigenvalue weighted by Crippen LogP contribution is 2.38. The normalized spacial score (nSPS) is 16.0. The quantitative estimate of drug-likeness (QED) is 0.816. The second-order valence-electron chi connectivity index (χ2n) is 5.70. The third kappa shape index (κ3) is 3.26. The number of methoxy groups -OCH3 is 1. The average molecular weight is 309 g/mol. The fraction of sp³-hybridized carbons (Fsp3) is 0.263. The number of hydrogen-bond acceptors (Lipinski definition) is 3. The summed E-state index contributed by atoms with van der Waals surface area (Å²) in [5, 5.41) is 0. The van der Waals surface area contributed by atoms with E-state index in [1.54, 1.807) is 4.90 Å². The molecule has 23 heavy (non-hydrogen) atoms. The summed E-state index contributed by atoms with van der Waals surface area (Å²) in [5.41, 5.74) is 2.94. The van der Waals surface area contributed by atoms with E-state index >= 15 is 0 Å². The molecule has 1 unspecified atom stereocenters. The van der Waals surface area contributed by atoms with Crippen LogP contribution in [-0.4, -0.2) is 25.5 Å². The van der Waals surface area contributed by atoms with Crippen LogP contribution in [-0.2, 0) is 20.7 Å². The van der Waals surface area contributed by atoms with Gasteiger partial charge < -0.3 is 9.64 Å². The van der Waals surface area contributed by atoms with Crippen LogP contribution < -0.4 is 4.90 Å². The summed E-state index contributed by atoms with van der Waals surface area (Å²) in [6.07, 6.45) is 0.656. The van der Waals surface area contributed by atoms with E-state index in [0.717, 1.165) is 16.8 Å². The number of rotatable bonds is 4. The van der Waals surface area contributed by atoms with Gasteiger partial charge in [0.2, 0.25) is 5.91 Å². The standard InChI is InChI=1S/C19H19NO3/c1-23-19(22)12-15-13-20(17-10-6-5-9-16(15)17)18(21)11-14-7-3-2-4-8-14/h2-10,15H,11-13H2,1H3. The molecular weight excluding hydrogens is 290 g/mol. The molecule has 1 atom stereocenters. The molecular formula is C19H19NO3. The van der Waals surface area contributed by atoms with Crippen molar-refractivity contribution in [1.82, 2.24) is 0 Å². The summed E-state index contributed by atoms with van der Waals surface area (Å²) < 4.78 is 4.78. The van der Waals surface area contributed by atoms with Gasteiger partial charge in [-0.1, -0.05) is 48.5 Å². The number of esters is 1. The van der Waals surface area contributed by atoms with Crippen LogP contribution in [0.4, 0.5) is 5.69 Å². The molecule has 0 saturated heterocycles. The Kier molecular flexibility index (Phi) is 4.42. The van der Waals surface area contributed by atoms with Crippen LogP contribution in [0.15, 0.2) is 54.6 Å². The summed E-state index contributed by atoms with van der Waals surface area (Å²) >= 11 is 0. The van der Waals surface area contributed by atoms with Crippen LogP contribution >= 0.6 is 0 Å². The number of benzene rings is 2. The Hall–Kier alpha value is -2.62. The molecule has 0 aromatic heterocycles. The molecule has 2 aromatic rings. The molecule has 4 heteroatoms. The lowest BCUT2D eigenvalue weighted by molar-refractivity contribution is -0.141. The molecule has 3 rings (SSSR count). The van der Waals surface area contributed by atoms with Gasteiger partial charge in [0.1, 0.15) is 0 Å². The lowest BCUT2D eigenvalue weighted by atomic mass is 9.98. The number of para-hydroxylation sites is 1. The summed E-state index contributed by atoms with van der Waals surface area (Å²) in [5.74, 6) is -0.198. The average Bonchev–Trinajstić information content (AvgIpc) is 2.94. The van der Waals surface area contributed by atoms with Crippen LogP contribution in [0.25, 0.3) is 0 Å². The zero-order valence-corrected chi connectivity index (χ0v) is 13.1. The molecule has 0 saturated carbocycles. The van der Waals surface area contributed by atoms with Gasteiger partial charge in [-0.05, 0) is 17.2 Å². The first-order chi connectivity index (χ1) is 11.2. The number of amides is 1. The van der Waals surface area contributed by atoms with E-state index in [4.69, 9.17) is 4.74 Å². The van der Waals surface area contributed by atoms with Crippen molar-refractivity contribution in [2.75, 3.05) is 18.6 Å². The number of carbonyl (C=O) groups excluding carboxylic acids is 2. The van der Waals surface area contributed by atoms with Gasteiger partial charge in [-0.25, -0.2) is 0 Å². The molecule has 0 fully saturated rings. The van der Waals surface area contributed by atoms with Crippen molar-refractivity contribution in [3.8, 4) is 0 Å². The maximum Gasteiger partial charge on any atom is 0.306 e. The van der Waals surface area contributed by atoms with Crippen molar-refractivity contribution >= 4 is 17.6 Å². The van der Waals surface area contributed by atoms with Crippen LogP contribution in [0.5, 0.6) is 0 Å². The molecule has 0 spiro atoms. The monoisotopic (exact) mass is 309 g/mol. The first kappa shape index (κ1) is 15.3. The minimum absolute atomic E-state index is 0.00151. The van der Waals surface area contributed by atoms with Crippen LogP contribution in [0.3, 0.4) is 0 Å². The van der Waals surface area contributed by atoms with E-state index in [-0.39, 0.29) is 17.8 Å². The second-order valence-corrected chi connectivity index (χ2v) is 5.70. The van der Waals surface area contributed by atoms with Crippen molar-refractivity contribution in [2.45, 2.75) is 18.8 Å². The third-order valence-electron chi connectivity index (χ3n) is 4.21. The molecule has 0 aliphatic carbocycles. The van der Waals surface area contributed by atoms with E-state index < -0.39 is 0 Å². The van der Waals surface area contributed by atoms with Gasteiger partial charge in [0, 0.05) is 18.2 Å². The first-order valence-corrected chi connectivity index (χ1v) is 7.69. The number of ether oxygens (including phenoxy) is 1. The highest BCUT2D eigenvalue weighted by molar-refractivity contribution is 5.97. The molecule has 118 valence electrons. The molecule has 1 aliphatic heterocycles. The topological polar surface area (TPSA) is 46.6 Å². The van der Waals surface area contributed by atoms with Gasteiger partial charge in [0.25, 0.3) is 0 Å². The largest absolute Gasteiger partial charge is 0.469 e. The number of carbonyl (C=O) groups is 2. The molecule has 2 aromatic carbocycles. The molecule has 1 amide bonds. The maximum atomic E-state index is 12.7. The molecule has 0 N–H and O–H groups in total. The summed E-state index contributed by atoms with van der Waals surface area (Å²) in [7, 11) is 1.39. The number of hydrogen-bond donors (Lipinski definition) is 0. The van der Waals surface area contributed by atoms with E-state index in [1.165, 1.54) is 7.11 Å². The van der Waals surface area contributed by atoms with Crippen LogP contribution in [0, 0.1) is 0 Å². The molecule has 0 radical (unpaired) electrons. The Balaban J connectivity index is 1.80. The van der Waals surface area contributed by atoms with E-state index in [0.29, 0.717) is 19.4 Å². The lowest BCUT2D eigenvalue weighted by Gasteiger charge is -2.18. The number of fused-ring (bicyclic) bond motifs is 1. The number of anilines is 1. The molecule has 0 bridgehead atoms.